The van der Waals surface area contributed by atoms with Gasteiger partial charge in [-0.25, -0.2) is 14.5 Å². The number of aromatic nitrogens is 5. The Morgan fingerprint density at radius 3 is 2.53 bits per heavy atom. The SMILES string of the molecule is O=Cc1cn(-c2nc(-c3c(=O)o[nH][n+]3-c3ccccc3)cs2)nc1-c1ccccc1. The Morgan fingerprint density at radius 1 is 1.07 bits per heavy atom. The number of aldehydes is 1. The molecular formula is C21H14N5O3S+. The van der Waals surface area contributed by atoms with Crippen LogP contribution in [-0.4, -0.2) is 26.3 Å². The molecule has 0 atom stereocenters. The number of benzene rings is 2. The Kier molecular flexibility index (Phi) is 4.41. The first-order chi connectivity index (χ1) is 14.7. The van der Waals surface area contributed by atoms with Gasteiger partial charge in [0.25, 0.3) is 0 Å². The normalized spacial score (nSPS) is 10.9. The van der Waals surface area contributed by atoms with Crippen LogP contribution in [0.5, 0.6) is 0 Å². The molecular weight excluding hydrogens is 402 g/mol. The lowest BCUT2D eigenvalue weighted by Gasteiger charge is -1.96. The van der Waals surface area contributed by atoms with Gasteiger partial charge in [-0.3, -0.25) is 9.32 Å². The molecule has 0 bridgehead atoms. The van der Waals surface area contributed by atoms with Crippen LogP contribution in [0.1, 0.15) is 10.4 Å². The van der Waals surface area contributed by atoms with E-state index >= 15 is 0 Å². The molecule has 1 N–H and O–H groups in total. The van der Waals surface area contributed by atoms with Crippen molar-refractivity contribution in [3.8, 4) is 33.5 Å². The maximum Gasteiger partial charge on any atom is 0.437 e. The number of carbonyl (C=O) groups is 1. The summed E-state index contributed by atoms with van der Waals surface area (Å²) in [5.74, 6) is 0. The molecule has 2 aromatic carbocycles. The van der Waals surface area contributed by atoms with E-state index in [4.69, 9.17) is 4.52 Å². The van der Waals surface area contributed by atoms with E-state index in [-0.39, 0.29) is 5.69 Å². The van der Waals surface area contributed by atoms with Crippen molar-refractivity contribution in [2.75, 3.05) is 0 Å². The maximum absolute atomic E-state index is 12.3. The van der Waals surface area contributed by atoms with E-state index in [0.717, 1.165) is 17.5 Å². The number of hydrogen-bond donors (Lipinski definition) is 1. The molecule has 0 saturated heterocycles. The van der Waals surface area contributed by atoms with Gasteiger partial charge in [-0.05, 0) is 9.95 Å². The summed E-state index contributed by atoms with van der Waals surface area (Å²) in [4.78, 5) is 28.4. The maximum atomic E-state index is 12.3. The van der Waals surface area contributed by atoms with Crippen molar-refractivity contribution in [3.05, 3.63) is 88.2 Å². The molecule has 3 aromatic heterocycles. The molecule has 0 fully saturated rings. The van der Waals surface area contributed by atoms with Crippen molar-refractivity contribution in [1.82, 2.24) is 20.0 Å². The summed E-state index contributed by atoms with van der Waals surface area (Å²) in [6, 6.07) is 18.8. The molecule has 0 radical (unpaired) electrons. The summed E-state index contributed by atoms with van der Waals surface area (Å²) in [5.41, 5.74) is 2.79. The van der Waals surface area contributed by atoms with Crippen molar-refractivity contribution in [3.63, 3.8) is 0 Å². The lowest BCUT2D eigenvalue weighted by Crippen LogP contribution is -2.36. The smallest absolute Gasteiger partial charge is 0.298 e. The average Bonchev–Trinajstić information content (AvgIpc) is 3.52. The topological polar surface area (TPSA) is 97.7 Å². The summed E-state index contributed by atoms with van der Waals surface area (Å²) in [7, 11) is 0. The number of hydrogen-bond acceptors (Lipinski definition) is 6. The molecule has 5 rings (SSSR count). The van der Waals surface area contributed by atoms with E-state index < -0.39 is 5.63 Å². The second kappa shape index (κ2) is 7.37. The fraction of sp³-hybridized carbons (Fsp3) is 0. The molecule has 0 amide bonds. The van der Waals surface area contributed by atoms with Gasteiger partial charge in [0.15, 0.2) is 12.0 Å². The fourth-order valence-electron chi connectivity index (χ4n) is 3.12. The highest BCUT2D eigenvalue weighted by Gasteiger charge is 2.28. The summed E-state index contributed by atoms with van der Waals surface area (Å²) in [6.07, 6.45) is 2.40. The number of rotatable bonds is 5. The summed E-state index contributed by atoms with van der Waals surface area (Å²) >= 11 is 1.31. The Balaban J connectivity index is 1.57. The van der Waals surface area contributed by atoms with E-state index in [0.29, 0.717) is 22.1 Å². The van der Waals surface area contributed by atoms with Crippen molar-refractivity contribution in [2.24, 2.45) is 0 Å². The van der Waals surface area contributed by atoms with Crippen LogP contribution in [0.25, 0.3) is 33.5 Å². The van der Waals surface area contributed by atoms with Crippen LogP contribution in [0.3, 0.4) is 0 Å². The predicted octanol–water partition coefficient (Wildman–Crippen LogP) is 3.03. The van der Waals surface area contributed by atoms with E-state index in [1.54, 1.807) is 16.3 Å². The van der Waals surface area contributed by atoms with Gasteiger partial charge in [0, 0.05) is 29.3 Å². The number of thiazole rings is 1. The van der Waals surface area contributed by atoms with Crippen LogP contribution >= 0.6 is 11.3 Å². The number of nitrogens with zero attached hydrogens (tertiary/aromatic N) is 4. The van der Waals surface area contributed by atoms with E-state index in [9.17, 15) is 9.59 Å². The Bertz CT molecular complexity index is 1380. The zero-order chi connectivity index (χ0) is 20.5. The molecule has 0 unspecified atom stereocenters. The minimum absolute atomic E-state index is 0.273. The predicted molar refractivity (Wildman–Crippen MR) is 110 cm³/mol. The fourth-order valence-corrected chi connectivity index (χ4v) is 3.85. The van der Waals surface area contributed by atoms with Crippen LogP contribution in [0, 0.1) is 0 Å². The van der Waals surface area contributed by atoms with Crippen LogP contribution in [-0.2, 0) is 0 Å². The van der Waals surface area contributed by atoms with Crippen LogP contribution in [0.15, 0.2) is 81.6 Å². The monoisotopic (exact) mass is 416 g/mol. The van der Waals surface area contributed by atoms with Gasteiger partial charge in [0.2, 0.25) is 10.8 Å². The highest BCUT2D eigenvalue weighted by atomic mass is 32.1. The molecule has 0 saturated carbocycles. The third kappa shape index (κ3) is 3.07. The Morgan fingerprint density at radius 2 is 1.80 bits per heavy atom. The number of aromatic amines is 1. The number of nitrogens with one attached hydrogen (secondary N) is 1. The van der Waals surface area contributed by atoms with E-state index in [1.807, 2.05) is 60.7 Å². The number of para-hydroxylation sites is 1. The quantitative estimate of drug-likeness (QED) is 0.351. The molecule has 8 nitrogen and oxygen atoms in total. The largest absolute Gasteiger partial charge is 0.437 e. The van der Waals surface area contributed by atoms with Gasteiger partial charge in [-0.1, -0.05) is 48.5 Å². The van der Waals surface area contributed by atoms with Gasteiger partial charge in [0.05, 0.1) is 5.56 Å². The molecule has 5 aromatic rings. The van der Waals surface area contributed by atoms with Crippen molar-refractivity contribution in [2.45, 2.75) is 0 Å². The third-order valence-corrected chi connectivity index (χ3v) is 5.34. The van der Waals surface area contributed by atoms with Crippen molar-refractivity contribution in [1.29, 1.82) is 0 Å². The van der Waals surface area contributed by atoms with Crippen molar-refractivity contribution < 1.29 is 14.0 Å². The Hall–Kier alpha value is -4.11. The minimum atomic E-state index is -0.533. The highest BCUT2D eigenvalue weighted by molar-refractivity contribution is 7.12. The molecule has 0 aliphatic carbocycles. The second-order valence-electron chi connectivity index (χ2n) is 6.38. The van der Waals surface area contributed by atoms with Gasteiger partial charge in [0.1, 0.15) is 5.69 Å². The van der Waals surface area contributed by atoms with Gasteiger partial charge in [-0.2, -0.15) is 5.10 Å². The number of H-pyrrole nitrogens is 1. The molecule has 30 heavy (non-hydrogen) atoms. The lowest BCUT2D eigenvalue weighted by atomic mass is 10.1. The molecule has 0 spiro atoms. The zero-order valence-electron chi connectivity index (χ0n) is 15.4. The minimum Gasteiger partial charge on any atom is -0.298 e. The van der Waals surface area contributed by atoms with E-state index in [1.165, 1.54) is 16.0 Å². The molecule has 3 heterocycles. The summed E-state index contributed by atoms with van der Waals surface area (Å²) in [5, 5.41) is 9.42. The van der Waals surface area contributed by atoms with Gasteiger partial charge < -0.3 is 0 Å². The van der Waals surface area contributed by atoms with Gasteiger partial charge >= 0.3 is 11.3 Å². The van der Waals surface area contributed by atoms with Crippen LogP contribution < -0.4 is 10.3 Å². The molecule has 0 aliphatic heterocycles. The first kappa shape index (κ1) is 18.0. The Labute approximate surface area is 173 Å². The van der Waals surface area contributed by atoms with E-state index in [2.05, 4.69) is 15.4 Å². The average molecular weight is 416 g/mol. The van der Waals surface area contributed by atoms with Crippen molar-refractivity contribution >= 4 is 17.6 Å². The second-order valence-corrected chi connectivity index (χ2v) is 7.21. The summed E-state index contributed by atoms with van der Waals surface area (Å²) in [6.45, 7) is 0. The van der Waals surface area contributed by atoms with Crippen LogP contribution in [0.4, 0.5) is 0 Å². The standard InChI is InChI=1S/C21H13N5O3S/c27-12-15-11-25(23-18(15)14-7-3-1-4-8-14)21-22-17(13-30-21)19-20(28)29-24-26(19)16-9-5-2-6-10-16/h1-13H/p+1. The summed E-state index contributed by atoms with van der Waals surface area (Å²) < 4.78 is 8.08. The highest BCUT2D eigenvalue weighted by Crippen LogP contribution is 2.25. The van der Waals surface area contributed by atoms with Crippen LogP contribution in [0.2, 0.25) is 0 Å². The number of carbonyl (C=O) groups excluding carboxylic acids is 1. The van der Waals surface area contributed by atoms with Gasteiger partial charge in [-0.15, -0.1) is 11.3 Å². The third-order valence-electron chi connectivity index (χ3n) is 4.51. The first-order valence-electron chi connectivity index (χ1n) is 9.00. The lowest BCUT2D eigenvalue weighted by molar-refractivity contribution is -0.660. The first-order valence-corrected chi connectivity index (χ1v) is 9.88. The molecule has 9 heteroatoms. The molecule has 0 aliphatic rings. The zero-order valence-corrected chi connectivity index (χ0v) is 16.2. The molecule has 146 valence electrons.